The van der Waals surface area contributed by atoms with Crippen LogP contribution in [0.5, 0.6) is 0 Å². The fourth-order valence-corrected chi connectivity index (χ4v) is 2.40. The van der Waals surface area contributed by atoms with Gasteiger partial charge in [0.15, 0.2) is 0 Å². The number of nitrogens with two attached hydrogens (primary N) is 1. The number of hydrogen-bond acceptors (Lipinski definition) is 3. The smallest absolute Gasteiger partial charge is 0.252 e. The highest BCUT2D eigenvalue weighted by Gasteiger charge is 2.24. The second kappa shape index (κ2) is 5.75. The maximum atomic E-state index is 12.0. The molecular formula is C12H15BrN2O2S. The van der Waals surface area contributed by atoms with Gasteiger partial charge in [0.1, 0.15) is 0 Å². The van der Waals surface area contributed by atoms with Crippen molar-refractivity contribution in [2.75, 3.05) is 0 Å². The fourth-order valence-electron chi connectivity index (χ4n) is 1.55. The molecule has 98 valence electrons. The number of amides is 2. The Balaban J connectivity index is 2.85. The number of halogens is 1. The summed E-state index contributed by atoms with van der Waals surface area (Å²) >= 11 is 7.54. The minimum atomic E-state index is -0.684. The number of thiol groups is 1. The van der Waals surface area contributed by atoms with Gasteiger partial charge in [0, 0.05) is 21.3 Å². The molecule has 0 atom stereocenters. The molecule has 0 aliphatic carbocycles. The van der Waals surface area contributed by atoms with Gasteiger partial charge in [-0.2, -0.15) is 0 Å². The van der Waals surface area contributed by atoms with E-state index < -0.39 is 11.4 Å². The van der Waals surface area contributed by atoms with E-state index in [2.05, 4.69) is 33.9 Å². The van der Waals surface area contributed by atoms with Gasteiger partial charge in [0.05, 0.1) is 5.56 Å². The largest absolute Gasteiger partial charge is 0.370 e. The van der Waals surface area contributed by atoms with Crippen LogP contribution in [0.1, 0.15) is 30.6 Å². The minimum absolute atomic E-state index is 0.0805. The van der Waals surface area contributed by atoms with Gasteiger partial charge in [-0.3, -0.25) is 9.59 Å². The highest BCUT2D eigenvalue weighted by atomic mass is 79.9. The van der Waals surface area contributed by atoms with Crippen LogP contribution in [-0.4, -0.2) is 17.4 Å². The average molecular weight is 331 g/mol. The lowest BCUT2D eigenvalue weighted by Gasteiger charge is -2.25. The number of hydrogen-bond donors (Lipinski definition) is 3. The zero-order valence-corrected chi connectivity index (χ0v) is 12.6. The molecule has 1 rings (SSSR count). The van der Waals surface area contributed by atoms with E-state index in [0.717, 1.165) is 4.47 Å². The summed E-state index contributed by atoms with van der Waals surface area (Å²) in [5, 5.41) is 2.76. The van der Waals surface area contributed by atoms with Crippen LogP contribution in [0.25, 0.3) is 0 Å². The summed E-state index contributed by atoms with van der Waals surface area (Å²) in [7, 11) is 0. The third-order valence-electron chi connectivity index (χ3n) is 2.27. The third-order valence-corrected chi connectivity index (χ3v) is 3.14. The summed E-state index contributed by atoms with van der Waals surface area (Å²) in [6.45, 7) is 3.49. The van der Waals surface area contributed by atoms with Gasteiger partial charge in [-0.25, -0.2) is 0 Å². The molecule has 0 radical (unpaired) electrons. The van der Waals surface area contributed by atoms with Crippen LogP contribution >= 0.6 is 28.6 Å². The lowest BCUT2D eigenvalue weighted by Crippen LogP contribution is -2.46. The number of carbonyl (C=O) groups is 2. The molecule has 0 aromatic heterocycles. The Morgan fingerprint density at radius 2 is 2.06 bits per heavy atom. The molecule has 0 heterocycles. The number of carbonyl (C=O) groups excluding carboxylic acids is 2. The standard InChI is InChI=1S/C12H15BrN2O2S/c1-12(2,6-10(14)16)15-11(17)8-4-3-7(13)5-9(8)18/h3-5,18H,6H2,1-2H3,(H2,14,16)(H,15,17). The van der Waals surface area contributed by atoms with Crippen LogP contribution in [0, 0.1) is 0 Å². The average Bonchev–Trinajstić information content (AvgIpc) is 2.13. The Morgan fingerprint density at radius 1 is 1.44 bits per heavy atom. The van der Waals surface area contributed by atoms with Crippen molar-refractivity contribution in [3.05, 3.63) is 28.2 Å². The lowest BCUT2D eigenvalue weighted by molar-refractivity contribution is -0.119. The van der Waals surface area contributed by atoms with Crippen LogP contribution < -0.4 is 11.1 Å². The molecule has 1 aromatic rings. The van der Waals surface area contributed by atoms with Crippen LogP contribution in [0.3, 0.4) is 0 Å². The maximum Gasteiger partial charge on any atom is 0.252 e. The Labute approximate surface area is 120 Å². The van der Waals surface area contributed by atoms with Gasteiger partial charge >= 0.3 is 0 Å². The summed E-state index contributed by atoms with van der Waals surface area (Å²) in [5.41, 5.74) is 4.90. The molecule has 1 aromatic carbocycles. The van der Waals surface area contributed by atoms with E-state index in [4.69, 9.17) is 5.73 Å². The minimum Gasteiger partial charge on any atom is -0.370 e. The summed E-state index contributed by atoms with van der Waals surface area (Å²) in [6.07, 6.45) is 0.0805. The van der Waals surface area contributed by atoms with Crippen molar-refractivity contribution in [1.82, 2.24) is 5.32 Å². The SMILES string of the molecule is CC(C)(CC(N)=O)NC(=O)c1ccc(Br)cc1S. The van der Waals surface area contributed by atoms with E-state index >= 15 is 0 Å². The van der Waals surface area contributed by atoms with Gasteiger partial charge < -0.3 is 11.1 Å². The highest BCUT2D eigenvalue weighted by Crippen LogP contribution is 2.20. The molecule has 0 fully saturated rings. The first-order valence-corrected chi connectivity index (χ1v) is 6.54. The van der Waals surface area contributed by atoms with Crippen LogP contribution in [-0.2, 0) is 4.79 Å². The fraction of sp³-hybridized carbons (Fsp3) is 0.333. The molecule has 0 saturated heterocycles. The van der Waals surface area contributed by atoms with E-state index in [9.17, 15) is 9.59 Å². The van der Waals surface area contributed by atoms with Crippen molar-refractivity contribution in [3.63, 3.8) is 0 Å². The number of rotatable bonds is 4. The van der Waals surface area contributed by atoms with Gasteiger partial charge in [-0.15, -0.1) is 12.6 Å². The number of benzene rings is 1. The second-order valence-electron chi connectivity index (χ2n) is 4.64. The van der Waals surface area contributed by atoms with Crippen molar-refractivity contribution in [1.29, 1.82) is 0 Å². The van der Waals surface area contributed by atoms with Gasteiger partial charge in [-0.1, -0.05) is 15.9 Å². The van der Waals surface area contributed by atoms with E-state index in [1.807, 2.05) is 0 Å². The molecule has 0 spiro atoms. The molecule has 2 amide bonds. The highest BCUT2D eigenvalue weighted by molar-refractivity contribution is 9.10. The van der Waals surface area contributed by atoms with E-state index in [1.165, 1.54) is 0 Å². The predicted octanol–water partition coefficient (Wildman–Crippen LogP) is 2.12. The van der Waals surface area contributed by atoms with Crippen molar-refractivity contribution in [2.45, 2.75) is 30.7 Å². The molecule has 6 heteroatoms. The molecule has 0 aliphatic heterocycles. The van der Waals surface area contributed by atoms with Gasteiger partial charge in [0.25, 0.3) is 5.91 Å². The van der Waals surface area contributed by atoms with Gasteiger partial charge in [0.2, 0.25) is 5.91 Å². The Morgan fingerprint density at radius 3 is 2.56 bits per heavy atom. The Kier molecular flexibility index (Phi) is 4.81. The first-order valence-electron chi connectivity index (χ1n) is 5.30. The quantitative estimate of drug-likeness (QED) is 0.740. The predicted molar refractivity (Wildman–Crippen MR) is 76.8 cm³/mol. The number of nitrogens with one attached hydrogen (secondary N) is 1. The van der Waals surface area contributed by atoms with Crippen molar-refractivity contribution >= 4 is 40.4 Å². The molecule has 3 N–H and O–H groups in total. The monoisotopic (exact) mass is 330 g/mol. The van der Waals surface area contributed by atoms with E-state index in [1.54, 1.807) is 32.0 Å². The Hall–Kier alpha value is -1.01. The van der Waals surface area contributed by atoms with E-state index in [0.29, 0.717) is 10.5 Å². The topological polar surface area (TPSA) is 72.2 Å². The molecule has 0 bridgehead atoms. The number of primary amides is 1. The molecular weight excluding hydrogens is 316 g/mol. The molecule has 0 unspecified atom stereocenters. The first-order chi connectivity index (χ1) is 8.21. The zero-order chi connectivity index (χ0) is 13.9. The summed E-state index contributed by atoms with van der Waals surface area (Å²) < 4.78 is 0.848. The molecule has 0 saturated carbocycles. The Bertz CT molecular complexity index is 489. The van der Waals surface area contributed by atoms with Crippen molar-refractivity contribution < 1.29 is 9.59 Å². The van der Waals surface area contributed by atoms with Crippen LogP contribution in [0.4, 0.5) is 0 Å². The molecule has 18 heavy (non-hydrogen) atoms. The zero-order valence-electron chi connectivity index (χ0n) is 10.2. The van der Waals surface area contributed by atoms with E-state index in [-0.39, 0.29) is 12.3 Å². The van der Waals surface area contributed by atoms with Gasteiger partial charge in [-0.05, 0) is 32.0 Å². The molecule has 4 nitrogen and oxygen atoms in total. The lowest BCUT2D eigenvalue weighted by atomic mass is 9.99. The van der Waals surface area contributed by atoms with Crippen LogP contribution in [0.15, 0.2) is 27.6 Å². The first kappa shape index (κ1) is 15.0. The summed E-state index contributed by atoms with van der Waals surface area (Å²) in [4.78, 5) is 23.5. The second-order valence-corrected chi connectivity index (χ2v) is 6.04. The maximum absolute atomic E-state index is 12.0. The molecule has 0 aliphatic rings. The normalized spacial score (nSPS) is 11.1. The van der Waals surface area contributed by atoms with Crippen molar-refractivity contribution in [2.24, 2.45) is 5.73 Å². The van der Waals surface area contributed by atoms with Crippen molar-refractivity contribution in [3.8, 4) is 0 Å². The summed E-state index contributed by atoms with van der Waals surface area (Å²) in [5.74, 6) is -0.735. The third kappa shape index (κ3) is 4.34. The van der Waals surface area contributed by atoms with Crippen LogP contribution in [0.2, 0.25) is 0 Å². The summed E-state index contributed by atoms with van der Waals surface area (Å²) in [6, 6.07) is 5.16.